The second-order valence-electron chi connectivity index (χ2n) is 3.94. The number of hydrogen-bond donors (Lipinski definition) is 0. The zero-order valence-corrected chi connectivity index (χ0v) is 8.53. The molecule has 2 aromatic carbocycles. The fourth-order valence-electron chi connectivity index (χ4n) is 2.13. The van der Waals surface area contributed by atoms with Gasteiger partial charge in [0.15, 0.2) is 0 Å². The summed E-state index contributed by atoms with van der Waals surface area (Å²) in [6, 6.07) is 15.7. The summed E-state index contributed by atoms with van der Waals surface area (Å²) in [5.74, 6) is 0. The van der Waals surface area contributed by atoms with E-state index < -0.39 is 6.37 Å². The van der Waals surface area contributed by atoms with Crippen molar-refractivity contribution >= 4 is 0 Å². The van der Waals surface area contributed by atoms with Crippen LogP contribution in [0.5, 0.6) is 0 Å². The van der Waals surface area contributed by atoms with Gasteiger partial charge in [0, 0.05) is 2.74 Å². The lowest BCUT2D eigenvalue weighted by molar-refractivity contribution is 0.965. The Morgan fingerprint density at radius 1 is 0.667 bits per heavy atom. The molecule has 0 heterocycles. The molecule has 0 spiro atoms. The zero-order chi connectivity index (χ0) is 11.9. The Kier molecular flexibility index (Phi) is 1.61. The Balaban J connectivity index is 2.27. The van der Waals surface area contributed by atoms with E-state index in [0.717, 1.165) is 35.1 Å². The summed E-state index contributed by atoms with van der Waals surface area (Å²) < 4.78 is 16.8. The molecule has 74 valence electrons. The van der Waals surface area contributed by atoms with Crippen molar-refractivity contribution in [2.45, 2.75) is 19.2 Å². The van der Waals surface area contributed by atoms with E-state index >= 15 is 0 Å². The fourth-order valence-corrected chi connectivity index (χ4v) is 2.13. The van der Waals surface area contributed by atoms with Gasteiger partial charge in [0.2, 0.25) is 0 Å². The van der Waals surface area contributed by atoms with Crippen LogP contribution in [-0.4, -0.2) is 0 Å². The molecule has 0 aromatic heterocycles. The van der Waals surface area contributed by atoms with E-state index in [1.54, 1.807) is 0 Å². The van der Waals surface area contributed by atoms with Gasteiger partial charge in [-0.3, -0.25) is 0 Å². The maximum atomic E-state index is 8.40. The van der Waals surface area contributed by atoms with E-state index in [9.17, 15) is 0 Å². The van der Waals surface area contributed by atoms with Gasteiger partial charge in [-0.1, -0.05) is 48.5 Å². The first-order chi connectivity index (χ1) is 8.19. The fraction of sp³-hybridized carbons (Fsp3) is 0.200. The topological polar surface area (TPSA) is 0 Å². The van der Waals surface area contributed by atoms with Crippen LogP contribution in [0, 0.1) is 0 Å². The molecule has 2 aromatic rings. The monoisotopic (exact) mass is 196 g/mol. The van der Waals surface area contributed by atoms with Crippen molar-refractivity contribution in [3.63, 3.8) is 0 Å². The summed E-state index contributed by atoms with van der Waals surface area (Å²) in [4.78, 5) is 0. The second-order valence-corrected chi connectivity index (χ2v) is 3.94. The van der Waals surface area contributed by atoms with E-state index in [1.165, 1.54) is 0 Å². The van der Waals surface area contributed by atoms with Crippen LogP contribution in [0.2, 0.25) is 0 Å². The molecule has 0 radical (unpaired) electrons. The molecule has 0 amide bonds. The minimum atomic E-state index is -1.37. The average molecular weight is 196 g/mol. The van der Waals surface area contributed by atoms with Gasteiger partial charge in [-0.25, -0.2) is 0 Å². The number of benzene rings is 2. The molecule has 0 saturated heterocycles. The second kappa shape index (κ2) is 3.54. The van der Waals surface area contributed by atoms with Crippen LogP contribution >= 0.6 is 0 Å². The van der Waals surface area contributed by atoms with Crippen molar-refractivity contribution in [3.8, 4) is 0 Å². The largest absolute Gasteiger partial charge is 0.0620 e. The maximum absolute atomic E-state index is 8.40. The Morgan fingerprint density at radius 3 is 1.53 bits per heavy atom. The predicted octanol–water partition coefficient (Wildman–Crippen LogP) is 3.38. The Bertz CT molecular complexity index is 509. The highest BCUT2D eigenvalue weighted by Gasteiger charge is 2.11. The molecule has 0 N–H and O–H groups in total. The van der Waals surface area contributed by atoms with Gasteiger partial charge in [0.05, 0.1) is 0 Å². The number of fused-ring (bicyclic) bond motifs is 2. The third-order valence-corrected chi connectivity index (χ3v) is 2.97. The molecule has 1 aliphatic rings. The van der Waals surface area contributed by atoms with E-state index in [1.807, 2.05) is 48.5 Å². The molecule has 0 bridgehead atoms. The highest BCUT2D eigenvalue weighted by Crippen LogP contribution is 2.23. The molecule has 0 atom stereocenters. The van der Waals surface area contributed by atoms with E-state index in [0.29, 0.717) is 0 Å². The summed E-state index contributed by atoms with van der Waals surface area (Å²) in [5.41, 5.74) is 3.91. The zero-order valence-electron chi connectivity index (χ0n) is 10.5. The van der Waals surface area contributed by atoms with Gasteiger partial charge in [-0.2, -0.15) is 0 Å². The minimum absolute atomic E-state index is 0.824. The molecule has 15 heavy (non-hydrogen) atoms. The summed E-state index contributed by atoms with van der Waals surface area (Å²) in [6.45, 7) is 0. The van der Waals surface area contributed by atoms with Gasteiger partial charge in [-0.15, -0.1) is 0 Å². The molecule has 0 heteroatoms. The Morgan fingerprint density at radius 2 is 1.07 bits per heavy atom. The van der Waals surface area contributed by atoms with Crippen molar-refractivity contribution in [2.75, 3.05) is 0 Å². The normalized spacial score (nSPS) is 19.2. The molecule has 3 rings (SSSR count). The van der Waals surface area contributed by atoms with Crippen LogP contribution in [0.25, 0.3) is 0 Å². The van der Waals surface area contributed by atoms with Crippen LogP contribution in [0.3, 0.4) is 0 Å². The predicted molar refractivity (Wildman–Crippen MR) is 63.1 cm³/mol. The molecule has 0 nitrogen and oxygen atoms in total. The standard InChI is InChI=1S/C15H14/c1-3-7-14-11-15-8-4-2-6-13(15)10-9-12(14)5-1/h1-8H,9-11H2/i11D2. The smallest absolute Gasteiger partial charge is 0.0366 e. The van der Waals surface area contributed by atoms with Gasteiger partial charge in [0.25, 0.3) is 0 Å². The van der Waals surface area contributed by atoms with Gasteiger partial charge < -0.3 is 0 Å². The third kappa shape index (κ3) is 1.56. The van der Waals surface area contributed by atoms with Crippen molar-refractivity contribution < 1.29 is 2.74 Å². The maximum Gasteiger partial charge on any atom is 0.0366 e. The lowest BCUT2D eigenvalue weighted by Crippen LogP contribution is -1.90. The highest BCUT2D eigenvalue weighted by atomic mass is 14.2. The van der Waals surface area contributed by atoms with Crippen LogP contribution in [-0.2, 0) is 19.2 Å². The molecule has 1 aliphatic carbocycles. The number of aryl methyl sites for hydroxylation is 2. The number of hydrogen-bond acceptors (Lipinski definition) is 0. The summed E-state index contributed by atoms with van der Waals surface area (Å²) in [6.07, 6.45) is 0.475. The van der Waals surface area contributed by atoms with Gasteiger partial charge in [0.1, 0.15) is 0 Å². The van der Waals surface area contributed by atoms with Crippen molar-refractivity contribution in [2.24, 2.45) is 0 Å². The van der Waals surface area contributed by atoms with Crippen LogP contribution < -0.4 is 0 Å². The Hall–Kier alpha value is -1.56. The molecule has 0 aliphatic heterocycles. The summed E-state index contributed by atoms with van der Waals surface area (Å²) in [7, 11) is 0. The molecule has 0 unspecified atom stereocenters. The highest BCUT2D eigenvalue weighted by molar-refractivity contribution is 5.40. The van der Waals surface area contributed by atoms with Crippen molar-refractivity contribution in [1.82, 2.24) is 0 Å². The minimum Gasteiger partial charge on any atom is -0.0620 e. The first-order valence-corrected chi connectivity index (χ1v) is 5.36. The van der Waals surface area contributed by atoms with Crippen LogP contribution in [0.1, 0.15) is 25.0 Å². The Labute approximate surface area is 93.4 Å². The lowest BCUT2D eigenvalue weighted by atomic mass is 10.0. The quantitative estimate of drug-likeness (QED) is 0.606. The average Bonchev–Trinajstić information content (AvgIpc) is 2.47. The first kappa shape index (κ1) is 6.84. The molecular weight excluding hydrogens is 180 g/mol. The summed E-state index contributed by atoms with van der Waals surface area (Å²) >= 11 is 0. The molecular formula is C15H14. The van der Waals surface area contributed by atoms with Crippen LogP contribution in [0.4, 0.5) is 0 Å². The van der Waals surface area contributed by atoms with Gasteiger partial charge in [-0.05, 0) is 41.5 Å². The molecule has 0 saturated carbocycles. The van der Waals surface area contributed by atoms with E-state index in [4.69, 9.17) is 2.74 Å². The van der Waals surface area contributed by atoms with E-state index in [2.05, 4.69) is 0 Å². The SMILES string of the molecule is [2H]C1([2H])c2ccccc2CCc2ccccc21. The third-order valence-electron chi connectivity index (χ3n) is 2.97. The van der Waals surface area contributed by atoms with Gasteiger partial charge >= 0.3 is 0 Å². The first-order valence-electron chi connectivity index (χ1n) is 6.36. The molecule has 0 fully saturated rings. The summed E-state index contributed by atoms with van der Waals surface area (Å²) in [5, 5.41) is 0. The van der Waals surface area contributed by atoms with Crippen molar-refractivity contribution in [3.05, 3.63) is 70.8 Å². The van der Waals surface area contributed by atoms with E-state index in [-0.39, 0.29) is 0 Å². The van der Waals surface area contributed by atoms with Crippen molar-refractivity contribution in [1.29, 1.82) is 0 Å². The lowest BCUT2D eigenvalue weighted by Gasteiger charge is -2.04. The number of rotatable bonds is 0. The van der Waals surface area contributed by atoms with Crippen LogP contribution in [0.15, 0.2) is 48.5 Å².